The van der Waals surface area contributed by atoms with E-state index < -0.39 is 55.3 Å². The highest BCUT2D eigenvalue weighted by Gasteiger charge is 2.31. The molecule has 15 nitrogen and oxygen atoms in total. The van der Waals surface area contributed by atoms with Gasteiger partial charge in [0.2, 0.25) is 11.4 Å². The molecule has 18 heteroatoms. The molecule has 53 heavy (non-hydrogen) atoms. The minimum absolute atomic E-state index is 0.00657. The van der Waals surface area contributed by atoms with Crippen LogP contribution in [0.2, 0.25) is 0 Å². The fourth-order valence-electron chi connectivity index (χ4n) is 6.10. The summed E-state index contributed by atoms with van der Waals surface area (Å²) in [5.74, 6) is -4.14. The number of halogens is 2. The van der Waals surface area contributed by atoms with Gasteiger partial charge in [0.1, 0.15) is 28.5 Å². The fraction of sp³-hybridized carbons (Fsp3) is 0.229. The summed E-state index contributed by atoms with van der Waals surface area (Å²) in [6.45, 7) is 2.86. The number of aromatic hydroxyl groups is 1. The van der Waals surface area contributed by atoms with E-state index in [1.807, 2.05) is 6.07 Å². The lowest BCUT2D eigenvalue weighted by molar-refractivity contribution is 0.0523. The molecular weight excluding hydrogens is 718 g/mol. The number of rotatable bonds is 8. The van der Waals surface area contributed by atoms with Gasteiger partial charge in [0, 0.05) is 42.8 Å². The second-order valence-electron chi connectivity index (χ2n) is 12.3. The SMILES string of the molecule is CCOC(=O)c1cn(C2CC2)c2c(F)c(-c3ccc4c(c3)CCN4Cc3cnc(N)nc3N)c(F)cc2c1=O.O=C(O)c1cc(S(=O)(=O)O)ccc1O. The van der Waals surface area contributed by atoms with Crippen molar-refractivity contribution in [3.05, 3.63) is 99.0 Å². The summed E-state index contributed by atoms with van der Waals surface area (Å²) >= 11 is 0. The molecule has 0 amide bonds. The number of anilines is 3. The number of carbonyl (C=O) groups is 2. The lowest BCUT2D eigenvalue weighted by Crippen LogP contribution is -2.22. The summed E-state index contributed by atoms with van der Waals surface area (Å²) in [4.78, 5) is 45.5. The highest BCUT2D eigenvalue weighted by Crippen LogP contribution is 2.41. The van der Waals surface area contributed by atoms with Crippen LogP contribution in [0.5, 0.6) is 5.75 Å². The van der Waals surface area contributed by atoms with Crippen molar-refractivity contribution in [1.82, 2.24) is 14.5 Å². The van der Waals surface area contributed by atoms with Crippen LogP contribution in [0, 0.1) is 11.6 Å². The summed E-state index contributed by atoms with van der Waals surface area (Å²) < 4.78 is 68.0. The Hall–Kier alpha value is -6.14. The summed E-state index contributed by atoms with van der Waals surface area (Å²) in [6, 6.07) is 8.68. The molecule has 276 valence electrons. The smallest absolute Gasteiger partial charge is 0.343 e. The summed E-state index contributed by atoms with van der Waals surface area (Å²) in [5.41, 5.74) is 12.8. The Labute approximate surface area is 299 Å². The first kappa shape index (κ1) is 36.6. The van der Waals surface area contributed by atoms with Crippen LogP contribution in [0.1, 0.15) is 57.7 Å². The van der Waals surface area contributed by atoms with E-state index >= 15 is 8.78 Å². The van der Waals surface area contributed by atoms with Gasteiger partial charge in [-0.05, 0) is 73.7 Å². The number of fused-ring (bicyclic) bond motifs is 2. The van der Waals surface area contributed by atoms with Gasteiger partial charge in [-0.3, -0.25) is 9.35 Å². The van der Waals surface area contributed by atoms with Crippen molar-refractivity contribution in [3.8, 4) is 16.9 Å². The van der Waals surface area contributed by atoms with Crippen molar-refractivity contribution >= 4 is 50.4 Å². The molecular formula is C35H32F2N6O9S. The van der Waals surface area contributed by atoms with Gasteiger partial charge >= 0.3 is 11.9 Å². The van der Waals surface area contributed by atoms with E-state index in [0.29, 0.717) is 37.0 Å². The van der Waals surface area contributed by atoms with Crippen LogP contribution in [0.3, 0.4) is 0 Å². The van der Waals surface area contributed by atoms with Crippen LogP contribution >= 0.6 is 0 Å². The van der Waals surface area contributed by atoms with Gasteiger partial charge in [-0.1, -0.05) is 6.07 Å². The standard InChI is InChI=1S/C28H26F2N6O3.C7H6O6S/c1-2-39-27(38)19-13-36(17-4-5-17)24-18(25(19)37)10-20(29)22(23(24)30)15-3-6-21-14(9-15)7-8-35(21)12-16-11-33-28(32)34-26(16)31;8-6-2-1-4(14(11,12)13)3-5(6)7(9)10/h3,6,9-11,13,17H,2,4-5,7-8,12H2,1H3,(H4,31,32,33,34);1-3,8H,(H,9,10)(H,11,12,13). The minimum atomic E-state index is -4.45. The summed E-state index contributed by atoms with van der Waals surface area (Å²) in [6.07, 6.45) is 5.15. The fourth-order valence-corrected chi connectivity index (χ4v) is 6.61. The molecule has 5 aromatic rings. The molecule has 2 aromatic heterocycles. The van der Waals surface area contributed by atoms with Crippen LogP contribution in [-0.4, -0.2) is 62.8 Å². The first-order chi connectivity index (χ1) is 25.1. The Morgan fingerprint density at radius 3 is 2.45 bits per heavy atom. The molecule has 1 saturated carbocycles. The summed E-state index contributed by atoms with van der Waals surface area (Å²) in [5, 5.41) is 17.4. The molecule has 7 rings (SSSR count). The number of benzene rings is 3. The van der Waals surface area contributed by atoms with Crippen molar-refractivity contribution in [1.29, 1.82) is 0 Å². The Morgan fingerprint density at radius 1 is 1.08 bits per heavy atom. The lowest BCUT2D eigenvalue weighted by atomic mass is 9.98. The van der Waals surface area contributed by atoms with E-state index in [1.54, 1.807) is 29.8 Å². The van der Waals surface area contributed by atoms with E-state index in [9.17, 15) is 22.8 Å². The first-order valence-electron chi connectivity index (χ1n) is 16.1. The van der Waals surface area contributed by atoms with Crippen molar-refractivity contribution in [3.63, 3.8) is 0 Å². The van der Waals surface area contributed by atoms with E-state index in [0.717, 1.165) is 47.9 Å². The predicted molar refractivity (Wildman–Crippen MR) is 188 cm³/mol. The number of nitrogens with zero attached hydrogens (tertiary/aromatic N) is 4. The van der Waals surface area contributed by atoms with Crippen LogP contribution in [0.25, 0.3) is 22.0 Å². The van der Waals surface area contributed by atoms with Gasteiger partial charge < -0.3 is 35.9 Å². The topological polar surface area (TPSA) is 241 Å². The van der Waals surface area contributed by atoms with Crippen molar-refractivity contribution in [2.24, 2.45) is 0 Å². The third-order valence-corrected chi connectivity index (χ3v) is 9.63. The molecule has 7 N–H and O–H groups in total. The lowest BCUT2D eigenvalue weighted by Gasteiger charge is -2.20. The second kappa shape index (κ2) is 14.1. The monoisotopic (exact) mass is 750 g/mol. The van der Waals surface area contributed by atoms with Crippen LogP contribution in [0.4, 0.5) is 26.2 Å². The number of hydrogen-bond acceptors (Lipinski definition) is 12. The first-order valence-corrected chi connectivity index (χ1v) is 17.6. The molecule has 1 aliphatic heterocycles. The maximum atomic E-state index is 16.2. The van der Waals surface area contributed by atoms with Crippen molar-refractivity contribution < 1.29 is 46.3 Å². The van der Waals surface area contributed by atoms with Gasteiger partial charge in [0.25, 0.3) is 10.1 Å². The third kappa shape index (κ3) is 7.31. The largest absolute Gasteiger partial charge is 0.507 e. The molecule has 3 heterocycles. The van der Waals surface area contributed by atoms with Gasteiger partial charge in [-0.2, -0.15) is 13.4 Å². The molecule has 1 fully saturated rings. The molecule has 0 radical (unpaired) electrons. The highest BCUT2D eigenvalue weighted by atomic mass is 32.2. The van der Waals surface area contributed by atoms with E-state index in [1.165, 1.54) is 6.20 Å². The number of nitrogen functional groups attached to an aromatic ring is 2. The maximum absolute atomic E-state index is 16.2. The Morgan fingerprint density at radius 2 is 1.81 bits per heavy atom. The van der Waals surface area contributed by atoms with Gasteiger partial charge in [0.05, 0.1) is 28.0 Å². The van der Waals surface area contributed by atoms with E-state index in [2.05, 4.69) is 14.9 Å². The molecule has 1 aliphatic carbocycles. The Bertz CT molecular complexity index is 2490. The third-order valence-electron chi connectivity index (χ3n) is 8.78. The Balaban J connectivity index is 0.000000290. The zero-order valence-corrected chi connectivity index (χ0v) is 28.7. The number of nitrogens with two attached hydrogens (primary N) is 2. The van der Waals surface area contributed by atoms with Gasteiger partial charge in [-0.25, -0.2) is 23.4 Å². The maximum Gasteiger partial charge on any atom is 0.343 e. The average Bonchev–Trinajstić information content (AvgIpc) is 3.86. The molecule has 0 bridgehead atoms. The number of aromatic carboxylic acids is 1. The number of pyridine rings is 1. The molecule has 0 spiro atoms. The van der Waals surface area contributed by atoms with Gasteiger partial charge in [0.15, 0.2) is 5.82 Å². The number of aromatic nitrogens is 3. The quantitative estimate of drug-likeness (QED) is 0.110. The second-order valence-corrected chi connectivity index (χ2v) is 13.7. The number of carbonyl (C=O) groups excluding carboxylic acids is 1. The molecule has 0 unspecified atom stereocenters. The van der Waals surface area contributed by atoms with Crippen LogP contribution in [-0.2, 0) is 27.8 Å². The van der Waals surface area contributed by atoms with Crippen LogP contribution < -0.4 is 21.8 Å². The minimum Gasteiger partial charge on any atom is -0.507 e. The average molecular weight is 751 g/mol. The highest BCUT2D eigenvalue weighted by molar-refractivity contribution is 7.85. The zero-order valence-electron chi connectivity index (χ0n) is 27.9. The number of carboxylic acid groups (broad SMARTS) is 1. The molecule has 2 aliphatic rings. The van der Waals surface area contributed by atoms with Gasteiger partial charge in [-0.15, -0.1) is 0 Å². The number of hydrogen-bond donors (Lipinski definition) is 5. The predicted octanol–water partition coefficient (Wildman–Crippen LogP) is 4.31. The molecule has 0 atom stereocenters. The number of ether oxygens (including phenoxy) is 1. The normalized spacial score (nSPS) is 13.7. The Kier molecular flexibility index (Phi) is 9.76. The van der Waals surface area contributed by atoms with Crippen molar-refractivity contribution in [2.75, 3.05) is 29.5 Å². The number of phenols is 1. The molecule has 0 saturated heterocycles. The van der Waals surface area contributed by atoms with E-state index in [-0.39, 0.29) is 40.6 Å². The summed E-state index contributed by atoms with van der Waals surface area (Å²) in [7, 11) is -4.45. The van der Waals surface area contributed by atoms with E-state index in [4.69, 9.17) is 31.0 Å². The van der Waals surface area contributed by atoms with Crippen LogP contribution in [0.15, 0.2) is 64.5 Å². The molecule has 3 aromatic carbocycles. The zero-order chi connectivity index (χ0) is 38.4. The number of esters is 1. The van der Waals surface area contributed by atoms with Crippen molar-refractivity contribution in [2.45, 2.75) is 43.7 Å². The number of carboxylic acids is 1.